The molecule has 0 bridgehead atoms. The Morgan fingerprint density at radius 3 is 1.21 bits per heavy atom. The summed E-state index contributed by atoms with van der Waals surface area (Å²) < 4.78 is 23.1. The Labute approximate surface area is 243 Å². The Bertz CT molecular complexity index is 1960. The topological polar surface area (TPSA) is 70.5 Å². The molecule has 5 aromatic carbocycles. The third kappa shape index (κ3) is 4.57. The molecule has 7 rings (SSSR count). The maximum absolute atomic E-state index is 6.12. The molecule has 0 unspecified atom stereocenters. The van der Waals surface area contributed by atoms with Crippen LogP contribution in [0, 0.1) is 13.8 Å². The number of aryl methyl sites for hydroxylation is 2. The zero-order valence-electron chi connectivity index (χ0n) is 23.8. The first-order chi connectivity index (χ1) is 20.5. The van der Waals surface area contributed by atoms with Gasteiger partial charge < -0.3 is 18.3 Å². The zero-order valence-corrected chi connectivity index (χ0v) is 23.8. The van der Waals surface area contributed by atoms with E-state index in [1.807, 2.05) is 62.4 Å². The summed E-state index contributed by atoms with van der Waals surface area (Å²) >= 11 is 0. The molecule has 42 heavy (non-hydrogen) atoms. The monoisotopic (exact) mass is 552 g/mol. The zero-order chi connectivity index (χ0) is 28.8. The lowest BCUT2D eigenvalue weighted by Crippen LogP contribution is -1.86. The lowest BCUT2D eigenvalue weighted by molar-refractivity contribution is 0.411. The van der Waals surface area contributed by atoms with Crippen LogP contribution in [0.5, 0.6) is 11.5 Å². The van der Waals surface area contributed by atoms with E-state index in [9.17, 15) is 0 Å². The van der Waals surface area contributed by atoms with Crippen LogP contribution in [-0.2, 0) is 0 Å². The molecule has 0 spiro atoms. The Morgan fingerprint density at radius 2 is 0.833 bits per heavy atom. The fourth-order valence-corrected chi connectivity index (χ4v) is 5.35. The Morgan fingerprint density at radius 1 is 0.476 bits per heavy atom. The molecule has 0 aliphatic heterocycles. The lowest BCUT2D eigenvalue weighted by Gasteiger charge is -2.08. The van der Waals surface area contributed by atoms with E-state index >= 15 is 0 Å². The molecule has 0 fully saturated rings. The summed E-state index contributed by atoms with van der Waals surface area (Å²) in [7, 11) is 3.32. The van der Waals surface area contributed by atoms with Crippen molar-refractivity contribution in [1.82, 2.24) is 9.97 Å². The third-order valence-electron chi connectivity index (χ3n) is 7.56. The molecule has 0 atom stereocenters. The van der Waals surface area contributed by atoms with Crippen LogP contribution in [-0.4, -0.2) is 24.2 Å². The van der Waals surface area contributed by atoms with E-state index in [-0.39, 0.29) is 0 Å². The second kappa shape index (κ2) is 10.2. The number of hydrogen-bond donors (Lipinski definition) is 0. The maximum atomic E-state index is 6.12. The van der Waals surface area contributed by atoms with Gasteiger partial charge in [0, 0.05) is 23.3 Å². The molecule has 0 saturated heterocycles. The molecule has 6 nitrogen and oxygen atoms in total. The second-order valence-corrected chi connectivity index (χ2v) is 10.4. The highest BCUT2D eigenvalue weighted by Gasteiger charge is 2.14. The van der Waals surface area contributed by atoms with Gasteiger partial charge >= 0.3 is 0 Å². The predicted molar refractivity (Wildman–Crippen MR) is 166 cm³/mol. The highest BCUT2D eigenvalue weighted by molar-refractivity contribution is 5.82. The van der Waals surface area contributed by atoms with Gasteiger partial charge in [-0.15, -0.1) is 0 Å². The van der Waals surface area contributed by atoms with Gasteiger partial charge in [0.2, 0.25) is 11.8 Å². The predicted octanol–water partition coefficient (Wildman–Crippen LogP) is 9.27. The Kier molecular flexibility index (Phi) is 6.24. The van der Waals surface area contributed by atoms with Crippen LogP contribution < -0.4 is 9.47 Å². The van der Waals surface area contributed by atoms with E-state index in [4.69, 9.17) is 28.3 Å². The minimum atomic E-state index is 0.578. The summed E-state index contributed by atoms with van der Waals surface area (Å²) in [6.07, 6.45) is 0. The van der Waals surface area contributed by atoms with Gasteiger partial charge in [0.25, 0.3) is 0 Å². The lowest BCUT2D eigenvalue weighted by atomic mass is 9.97. The van der Waals surface area contributed by atoms with Crippen LogP contribution in [0.3, 0.4) is 0 Å². The Hall–Kier alpha value is -5.36. The molecule has 7 aromatic rings. The maximum Gasteiger partial charge on any atom is 0.227 e. The SMILES string of the molecule is COc1cc2oc(-c3cccc(-c4cccc(-c5cccc(-c6nc7cc(C)c(OC)cc7o6)c5)c4)c3)nc2cc1C. The first-order valence-corrected chi connectivity index (χ1v) is 13.7. The molecule has 0 amide bonds. The second-order valence-electron chi connectivity index (χ2n) is 10.4. The molecular weight excluding hydrogens is 524 g/mol. The Balaban J connectivity index is 1.21. The van der Waals surface area contributed by atoms with Crippen molar-refractivity contribution in [3.05, 3.63) is 108 Å². The van der Waals surface area contributed by atoms with Crippen LogP contribution in [0.1, 0.15) is 11.1 Å². The van der Waals surface area contributed by atoms with Crippen molar-refractivity contribution in [2.45, 2.75) is 13.8 Å². The van der Waals surface area contributed by atoms with Gasteiger partial charge in [0.05, 0.1) is 14.2 Å². The standard InChI is InChI=1S/C36H28N2O4/c1-21-14-29-33(19-31(21)39-3)41-35(37-29)27-12-6-10-25(17-27)23-8-5-9-24(16-23)26-11-7-13-28(18-26)36-38-30-15-22(2)32(40-4)20-34(30)42-36/h5-20H,1-4H3. The van der Waals surface area contributed by atoms with Crippen LogP contribution in [0.2, 0.25) is 0 Å². The van der Waals surface area contributed by atoms with E-state index < -0.39 is 0 Å². The van der Waals surface area contributed by atoms with Crippen molar-refractivity contribution in [3.8, 4) is 56.7 Å². The average Bonchev–Trinajstić information content (AvgIpc) is 3.64. The highest BCUT2D eigenvalue weighted by atomic mass is 16.5. The summed E-state index contributed by atoms with van der Waals surface area (Å²) in [4.78, 5) is 9.49. The van der Waals surface area contributed by atoms with Crippen molar-refractivity contribution in [2.75, 3.05) is 14.2 Å². The van der Waals surface area contributed by atoms with Crippen LogP contribution in [0.4, 0.5) is 0 Å². The number of nitrogens with zero attached hydrogens (tertiary/aromatic N) is 2. The number of benzene rings is 5. The van der Waals surface area contributed by atoms with E-state index in [0.717, 1.165) is 67.0 Å². The van der Waals surface area contributed by atoms with Gasteiger partial charge in [-0.2, -0.15) is 0 Å². The van der Waals surface area contributed by atoms with E-state index in [1.54, 1.807) is 14.2 Å². The molecule has 206 valence electrons. The smallest absolute Gasteiger partial charge is 0.227 e. The summed E-state index contributed by atoms with van der Waals surface area (Å²) in [5, 5.41) is 0. The summed E-state index contributed by atoms with van der Waals surface area (Å²) in [5.74, 6) is 2.72. The van der Waals surface area contributed by atoms with Gasteiger partial charge in [-0.05, 0) is 89.7 Å². The number of rotatable bonds is 6. The van der Waals surface area contributed by atoms with Crippen molar-refractivity contribution < 1.29 is 18.3 Å². The van der Waals surface area contributed by atoms with Gasteiger partial charge in [-0.1, -0.05) is 42.5 Å². The average molecular weight is 553 g/mol. The van der Waals surface area contributed by atoms with E-state index in [0.29, 0.717) is 22.9 Å². The first kappa shape index (κ1) is 25.6. The summed E-state index contributed by atoms with van der Waals surface area (Å²) in [6, 6.07) is 32.8. The summed E-state index contributed by atoms with van der Waals surface area (Å²) in [6.45, 7) is 4.00. The van der Waals surface area contributed by atoms with Crippen molar-refractivity contribution in [2.24, 2.45) is 0 Å². The molecule has 0 radical (unpaired) electrons. The minimum Gasteiger partial charge on any atom is -0.496 e. The molecule has 0 aliphatic carbocycles. The number of hydrogen-bond acceptors (Lipinski definition) is 6. The van der Waals surface area contributed by atoms with Crippen LogP contribution in [0.15, 0.2) is 106 Å². The van der Waals surface area contributed by atoms with E-state index in [1.165, 1.54) is 0 Å². The van der Waals surface area contributed by atoms with Crippen molar-refractivity contribution in [3.63, 3.8) is 0 Å². The van der Waals surface area contributed by atoms with Gasteiger partial charge in [-0.25, -0.2) is 9.97 Å². The molecule has 0 saturated carbocycles. The number of methoxy groups -OCH3 is 2. The number of fused-ring (bicyclic) bond motifs is 2. The summed E-state index contributed by atoms with van der Waals surface area (Å²) in [5.41, 5.74) is 11.2. The molecular formula is C36H28N2O4. The van der Waals surface area contributed by atoms with Gasteiger partial charge in [0.15, 0.2) is 11.2 Å². The fourth-order valence-electron chi connectivity index (χ4n) is 5.35. The normalized spacial score (nSPS) is 11.3. The molecule has 2 aromatic heterocycles. The number of ether oxygens (including phenoxy) is 2. The minimum absolute atomic E-state index is 0.578. The largest absolute Gasteiger partial charge is 0.496 e. The fraction of sp³-hybridized carbons (Fsp3) is 0.111. The third-order valence-corrected chi connectivity index (χ3v) is 7.56. The highest BCUT2D eigenvalue weighted by Crippen LogP contribution is 2.35. The number of oxazole rings is 2. The van der Waals surface area contributed by atoms with Crippen molar-refractivity contribution in [1.29, 1.82) is 0 Å². The van der Waals surface area contributed by atoms with E-state index in [2.05, 4.69) is 48.5 Å². The van der Waals surface area contributed by atoms with Crippen LogP contribution in [0.25, 0.3) is 67.4 Å². The first-order valence-electron chi connectivity index (χ1n) is 13.7. The van der Waals surface area contributed by atoms with Gasteiger partial charge in [0.1, 0.15) is 22.5 Å². The number of aromatic nitrogens is 2. The van der Waals surface area contributed by atoms with Gasteiger partial charge in [-0.3, -0.25) is 0 Å². The quantitative estimate of drug-likeness (QED) is 0.205. The molecule has 0 N–H and O–H groups in total. The van der Waals surface area contributed by atoms with Crippen LogP contribution >= 0.6 is 0 Å². The molecule has 0 aliphatic rings. The van der Waals surface area contributed by atoms with Crippen molar-refractivity contribution >= 4 is 22.2 Å². The molecule has 6 heteroatoms. The molecule has 2 heterocycles.